The lowest BCUT2D eigenvalue weighted by atomic mass is 9.97. The number of pyridine rings is 2. The van der Waals surface area contributed by atoms with Crippen molar-refractivity contribution >= 4 is 27.9 Å². The number of nitrogens with zero attached hydrogens (tertiary/aromatic N) is 3. The van der Waals surface area contributed by atoms with Crippen LogP contribution in [0.25, 0.3) is 22.0 Å². The van der Waals surface area contributed by atoms with Crippen LogP contribution in [-0.2, 0) is 4.74 Å². The van der Waals surface area contributed by atoms with Crippen LogP contribution >= 0.6 is 0 Å². The van der Waals surface area contributed by atoms with Gasteiger partial charge in [-0.3, -0.25) is 4.98 Å². The Morgan fingerprint density at radius 1 is 1.41 bits per heavy atom. The minimum Gasteiger partial charge on any atom is -0.377 e. The third-order valence-corrected chi connectivity index (χ3v) is 5.30. The van der Waals surface area contributed by atoms with E-state index in [1.807, 2.05) is 13.8 Å². The van der Waals surface area contributed by atoms with Gasteiger partial charge in [-0.25, -0.2) is 13.8 Å². The van der Waals surface area contributed by atoms with Crippen molar-refractivity contribution in [2.75, 3.05) is 24.7 Å². The Morgan fingerprint density at radius 3 is 2.84 bits per heavy atom. The summed E-state index contributed by atoms with van der Waals surface area (Å²) in [6, 6.07) is 1.80. The van der Waals surface area contributed by atoms with Crippen LogP contribution in [0.1, 0.15) is 39.0 Å². The van der Waals surface area contributed by atoms with E-state index in [9.17, 15) is 4.39 Å². The van der Waals surface area contributed by atoms with Crippen molar-refractivity contribution in [1.82, 2.24) is 9.97 Å². The fourth-order valence-electron chi connectivity index (χ4n) is 3.73. The third-order valence-electron chi connectivity index (χ3n) is 5.30. The number of ether oxygens (including phenoxy) is 1. The van der Waals surface area contributed by atoms with Gasteiger partial charge in [0.25, 0.3) is 0 Å². The average Bonchev–Trinajstić information content (AvgIpc) is 2.80. The Labute approximate surface area is 188 Å². The SMILES string of the molecule is C=C/C(F)=C(\C=C/C)c1cc(N2CCOCC2C)nc2c(/C(C)=C/C#CC)ncc(F)c12. The summed E-state index contributed by atoms with van der Waals surface area (Å²) < 4.78 is 35.6. The highest BCUT2D eigenvalue weighted by molar-refractivity contribution is 6.00. The summed E-state index contributed by atoms with van der Waals surface area (Å²) in [5, 5.41) is 0.210. The molecule has 32 heavy (non-hydrogen) atoms. The molecule has 2 aromatic rings. The summed E-state index contributed by atoms with van der Waals surface area (Å²) in [5.74, 6) is 5.22. The van der Waals surface area contributed by atoms with Gasteiger partial charge in [-0.05, 0) is 51.5 Å². The molecule has 0 radical (unpaired) electrons. The Kier molecular flexibility index (Phi) is 7.55. The molecule has 0 saturated carbocycles. The van der Waals surface area contributed by atoms with Crippen molar-refractivity contribution < 1.29 is 13.5 Å². The molecule has 1 atom stereocenters. The standard InChI is InChI=1S/C26H27F2N3O/c1-6-9-11-17(4)25-26-24(22(28)15-29-25)20(19(10-7-2)21(27)8-3)14-23(30-26)31-12-13-32-16-18(31)5/h7-8,10-11,14-15,18H,3,12-13,16H2,1-2,4-5H3/b10-7-,17-11+,21-19-. The molecule has 3 rings (SSSR count). The number of fused-ring (bicyclic) bond motifs is 1. The summed E-state index contributed by atoms with van der Waals surface area (Å²) in [6.07, 6.45) is 7.32. The molecule has 1 unspecified atom stereocenters. The molecule has 1 aliphatic rings. The van der Waals surface area contributed by atoms with Crippen molar-refractivity contribution in [3.8, 4) is 11.8 Å². The molecular weight excluding hydrogens is 408 g/mol. The van der Waals surface area contributed by atoms with E-state index in [0.717, 1.165) is 17.8 Å². The van der Waals surface area contributed by atoms with Crippen LogP contribution in [0.15, 0.2) is 49.0 Å². The molecule has 0 spiro atoms. The molecule has 1 saturated heterocycles. The molecule has 6 heteroatoms. The second-order valence-corrected chi connectivity index (χ2v) is 7.51. The molecule has 2 aromatic heterocycles. The lowest BCUT2D eigenvalue weighted by Crippen LogP contribution is -2.44. The molecule has 3 heterocycles. The number of hydrogen-bond donors (Lipinski definition) is 0. The molecule has 0 aromatic carbocycles. The normalized spacial score (nSPS) is 17.9. The Balaban J connectivity index is 2.44. The maximum Gasteiger partial charge on any atom is 0.151 e. The van der Waals surface area contributed by atoms with Crippen LogP contribution in [0.5, 0.6) is 0 Å². The van der Waals surface area contributed by atoms with E-state index in [4.69, 9.17) is 9.72 Å². The van der Waals surface area contributed by atoms with E-state index in [1.165, 1.54) is 0 Å². The first kappa shape index (κ1) is 23.4. The first-order chi connectivity index (χ1) is 15.4. The van der Waals surface area contributed by atoms with Crippen LogP contribution in [-0.4, -0.2) is 35.8 Å². The van der Waals surface area contributed by atoms with Crippen molar-refractivity contribution in [1.29, 1.82) is 0 Å². The second-order valence-electron chi connectivity index (χ2n) is 7.51. The Hall–Kier alpha value is -3.30. The molecule has 0 amide bonds. The van der Waals surface area contributed by atoms with Gasteiger partial charge < -0.3 is 9.64 Å². The summed E-state index contributed by atoms with van der Waals surface area (Å²) in [4.78, 5) is 11.2. The summed E-state index contributed by atoms with van der Waals surface area (Å²) in [6.45, 7) is 12.7. The largest absolute Gasteiger partial charge is 0.377 e. The van der Waals surface area contributed by atoms with E-state index in [0.29, 0.717) is 42.4 Å². The molecule has 0 N–H and O–H groups in total. The number of morpholine rings is 1. The maximum absolute atomic E-state index is 15.2. The fourth-order valence-corrected chi connectivity index (χ4v) is 3.73. The van der Waals surface area contributed by atoms with Crippen LogP contribution in [0.4, 0.5) is 14.6 Å². The minimum absolute atomic E-state index is 0.0625. The topological polar surface area (TPSA) is 38.2 Å². The molecule has 0 bridgehead atoms. The summed E-state index contributed by atoms with van der Waals surface area (Å²) >= 11 is 0. The molecule has 0 aliphatic carbocycles. The average molecular weight is 436 g/mol. The van der Waals surface area contributed by atoms with Crippen LogP contribution in [0, 0.1) is 17.7 Å². The van der Waals surface area contributed by atoms with Gasteiger partial charge in [-0.2, -0.15) is 0 Å². The van der Waals surface area contributed by atoms with E-state index in [1.54, 1.807) is 38.1 Å². The monoisotopic (exact) mass is 435 g/mol. The number of anilines is 1. The number of hydrogen-bond acceptors (Lipinski definition) is 4. The van der Waals surface area contributed by atoms with Gasteiger partial charge in [-0.15, -0.1) is 5.92 Å². The smallest absolute Gasteiger partial charge is 0.151 e. The van der Waals surface area contributed by atoms with Gasteiger partial charge in [0.15, 0.2) is 5.82 Å². The van der Waals surface area contributed by atoms with Gasteiger partial charge >= 0.3 is 0 Å². The Morgan fingerprint density at radius 2 is 2.19 bits per heavy atom. The molecule has 1 aliphatic heterocycles. The number of halogens is 2. The number of rotatable bonds is 5. The highest BCUT2D eigenvalue weighted by Crippen LogP contribution is 2.36. The highest BCUT2D eigenvalue weighted by atomic mass is 19.1. The second kappa shape index (κ2) is 10.3. The van der Waals surface area contributed by atoms with E-state index < -0.39 is 11.6 Å². The van der Waals surface area contributed by atoms with E-state index in [-0.39, 0.29) is 17.0 Å². The van der Waals surface area contributed by atoms with E-state index in [2.05, 4.69) is 28.3 Å². The zero-order valence-electron chi connectivity index (χ0n) is 18.9. The molecule has 1 fully saturated rings. The predicted molar refractivity (Wildman–Crippen MR) is 127 cm³/mol. The molecular formula is C26H27F2N3O. The summed E-state index contributed by atoms with van der Waals surface area (Å²) in [7, 11) is 0. The fraction of sp³-hybridized carbons (Fsp3) is 0.308. The number of allylic oxidation sites excluding steroid dienone is 7. The van der Waals surface area contributed by atoms with Crippen molar-refractivity contribution in [3.63, 3.8) is 0 Å². The van der Waals surface area contributed by atoms with Gasteiger partial charge in [0, 0.05) is 23.1 Å². The first-order valence-corrected chi connectivity index (χ1v) is 10.5. The van der Waals surface area contributed by atoms with Crippen molar-refractivity contribution in [3.05, 3.63) is 66.0 Å². The van der Waals surface area contributed by atoms with Crippen molar-refractivity contribution in [2.24, 2.45) is 0 Å². The highest BCUT2D eigenvalue weighted by Gasteiger charge is 2.25. The molecule has 4 nitrogen and oxygen atoms in total. The van der Waals surface area contributed by atoms with Crippen LogP contribution < -0.4 is 4.90 Å². The number of aromatic nitrogens is 2. The van der Waals surface area contributed by atoms with Gasteiger partial charge in [0.2, 0.25) is 0 Å². The van der Waals surface area contributed by atoms with Crippen LogP contribution in [0.3, 0.4) is 0 Å². The minimum atomic E-state index is -0.568. The molecule has 166 valence electrons. The first-order valence-electron chi connectivity index (χ1n) is 10.5. The maximum atomic E-state index is 15.2. The van der Waals surface area contributed by atoms with Gasteiger partial charge in [-0.1, -0.05) is 24.7 Å². The lowest BCUT2D eigenvalue weighted by Gasteiger charge is -2.34. The predicted octanol–water partition coefficient (Wildman–Crippen LogP) is 5.86. The Bertz CT molecular complexity index is 1190. The van der Waals surface area contributed by atoms with Crippen LogP contribution in [0.2, 0.25) is 0 Å². The van der Waals surface area contributed by atoms with Crippen molar-refractivity contribution in [2.45, 2.75) is 33.7 Å². The van der Waals surface area contributed by atoms with Gasteiger partial charge in [0.1, 0.15) is 17.2 Å². The third kappa shape index (κ3) is 4.63. The quantitative estimate of drug-likeness (QED) is 0.435. The summed E-state index contributed by atoms with van der Waals surface area (Å²) in [5.41, 5.74) is 2.25. The zero-order chi connectivity index (χ0) is 23.3. The van der Waals surface area contributed by atoms with E-state index >= 15 is 4.39 Å². The lowest BCUT2D eigenvalue weighted by molar-refractivity contribution is 0.0985. The zero-order valence-corrected chi connectivity index (χ0v) is 18.9. The van der Waals surface area contributed by atoms with Gasteiger partial charge in [0.05, 0.1) is 31.1 Å².